The van der Waals surface area contributed by atoms with Crippen molar-refractivity contribution in [2.45, 2.75) is 33.4 Å². The summed E-state index contributed by atoms with van der Waals surface area (Å²) in [4.78, 5) is 62.5. The van der Waals surface area contributed by atoms with Gasteiger partial charge in [0.25, 0.3) is 11.5 Å². The fraction of sp³-hybridized carbons (Fsp3) is 0.231. The lowest BCUT2D eigenvalue weighted by molar-refractivity contribution is 0.102. The average Bonchev–Trinajstić information content (AvgIpc) is 3.69. The number of hydrogen-bond acceptors (Lipinski definition) is 10. The van der Waals surface area contributed by atoms with Crippen molar-refractivity contribution in [2.24, 2.45) is 7.05 Å². The van der Waals surface area contributed by atoms with E-state index in [0.717, 1.165) is 0 Å². The number of hydrogen-bond donors (Lipinski definition) is 3. The molecule has 0 fully saturated rings. The predicted octanol–water partition coefficient (Wildman–Crippen LogP) is 1.68. The Kier molecular flexibility index (Phi) is 6.17. The Hall–Kier alpha value is -5.60. The van der Waals surface area contributed by atoms with Gasteiger partial charge < -0.3 is 19.7 Å². The van der Waals surface area contributed by atoms with Crippen molar-refractivity contribution in [1.82, 2.24) is 43.6 Å². The molecule has 0 spiro atoms. The van der Waals surface area contributed by atoms with Crippen LogP contribution in [-0.4, -0.2) is 49.5 Å². The monoisotopic (exact) mass is 555 g/mol. The molecule has 4 N–H and O–H groups in total. The first-order valence-electron chi connectivity index (χ1n) is 12.8. The van der Waals surface area contributed by atoms with E-state index in [-0.39, 0.29) is 36.0 Å². The van der Waals surface area contributed by atoms with Crippen molar-refractivity contribution >= 4 is 40.0 Å². The van der Waals surface area contributed by atoms with E-state index in [1.807, 2.05) is 6.92 Å². The summed E-state index contributed by atoms with van der Waals surface area (Å²) in [5.74, 6) is 1.22. The highest BCUT2D eigenvalue weighted by Crippen LogP contribution is 2.23. The number of aromatic nitrogens is 9. The number of carbonyl (C=O) groups is 1. The van der Waals surface area contributed by atoms with Crippen LogP contribution in [0.25, 0.3) is 33.8 Å². The molecule has 0 atom stereocenters. The van der Waals surface area contributed by atoms with E-state index in [0.29, 0.717) is 57.5 Å². The number of amides is 1. The number of nitrogens with two attached hydrogens (primary N) is 1. The second-order valence-corrected chi connectivity index (χ2v) is 9.21. The number of H-pyrrole nitrogens is 1. The minimum atomic E-state index is -0.423. The summed E-state index contributed by atoms with van der Waals surface area (Å²) in [6.07, 6.45) is 3.28. The van der Waals surface area contributed by atoms with Crippen LogP contribution < -0.4 is 22.3 Å². The molecule has 5 heterocycles. The standard InChI is InChI=1S/C26H25N11O4/c1-4-36-21-18(24(39)37(5-2)26(36)40)35(3)16(31-21)10-15-11-28-23(41-15)14-8-6-13(7-9-14)22(38)34-25-32-19(27)17-20(33-25)30-12-29-17/h6-9,11-12H,4-5,10H2,1-3H3,(H4,27,29,30,32,33,34,38). The lowest BCUT2D eigenvalue weighted by Crippen LogP contribution is -2.39. The maximum atomic E-state index is 13.0. The summed E-state index contributed by atoms with van der Waals surface area (Å²) in [5, 5.41) is 2.62. The highest BCUT2D eigenvalue weighted by Gasteiger charge is 2.20. The van der Waals surface area contributed by atoms with Crippen LogP contribution in [0.1, 0.15) is 35.8 Å². The average molecular weight is 556 g/mol. The summed E-state index contributed by atoms with van der Waals surface area (Å²) >= 11 is 0. The van der Waals surface area contributed by atoms with E-state index < -0.39 is 5.91 Å². The lowest BCUT2D eigenvalue weighted by atomic mass is 10.1. The topological polar surface area (TPSA) is 197 Å². The zero-order valence-corrected chi connectivity index (χ0v) is 22.4. The molecule has 15 nitrogen and oxygen atoms in total. The molecule has 0 radical (unpaired) electrons. The largest absolute Gasteiger partial charge is 0.441 e. The zero-order chi connectivity index (χ0) is 28.8. The Bertz CT molecular complexity index is 2060. The van der Waals surface area contributed by atoms with Crippen molar-refractivity contribution in [2.75, 3.05) is 11.1 Å². The number of aromatic amines is 1. The number of nitrogens with zero attached hydrogens (tertiary/aromatic N) is 8. The van der Waals surface area contributed by atoms with Gasteiger partial charge in [0, 0.05) is 31.3 Å². The second kappa shape index (κ2) is 9.86. The number of fused-ring (bicyclic) bond motifs is 2. The van der Waals surface area contributed by atoms with Crippen molar-refractivity contribution in [3.8, 4) is 11.5 Å². The van der Waals surface area contributed by atoms with Gasteiger partial charge in [-0.05, 0) is 38.1 Å². The summed E-state index contributed by atoms with van der Waals surface area (Å²) in [6, 6.07) is 6.66. The number of aryl methyl sites for hydroxylation is 2. The molecule has 0 unspecified atom stereocenters. The summed E-state index contributed by atoms with van der Waals surface area (Å²) in [5.41, 5.74) is 7.69. The number of anilines is 2. The molecule has 6 rings (SSSR count). The second-order valence-electron chi connectivity index (χ2n) is 9.21. The molecule has 1 amide bonds. The Balaban J connectivity index is 1.22. The third kappa shape index (κ3) is 4.32. The van der Waals surface area contributed by atoms with E-state index in [1.54, 1.807) is 49.0 Å². The molecule has 0 aliphatic rings. The smallest absolute Gasteiger partial charge is 0.332 e. The lowest BCUT2D eigenvalue weighted by Gasteiger charge is -2.08. The van der Waals surface area contributed by atoms with Crippen LogP contribution in [0.2, 0.25) is 0 Å². The fourth-order valence-corrected chi connectivity index (χ4v) is 4.66. The molecule has 0 aliphatic carbocycles. The molecule has 208 valence electrons. The SMILES string of the molecule is CCn1c(=O)c2c(nc(Cc3cnc(-c4ccc(C(=O)Nc5nc(N)c6[nH]cnc6n5)cc4)o3)n2C)n(CC)c1=O. The Labute approximate surface area is 230 Å². The molecule has 0 saturated carbocycles. The third-order valence-corrected chi connectivity index (χ3v) is 6.79. The Morgan fingerprint density at radius 2 is 1.80 bits per heavy atom. The Morgan fingerprint density at radius 3 is 2.54 bits per heavy atom. The summed E-state index contributed by atoms with van der Waals surface area (Å²) in [6.45, 7) is 4.24. The normalized spacial score (nSPS) is 11.5. The van der Waals surface area contributed by atoms with Gasteiger partial charge >= 0.3 is 5.69 Å². The highest BCUT2D eigenvalue weighted by molar-refractivity contribution is 6.04. The molecule has 6 aromatic rings. The first-order valence-corrected chi connectivity index (χ1v) is 12.8. The van der Waals surface area contributed by atoms with Crippen molar-refractivity contribution in [3.63, 3.8) is 0 Å². The first kappa shape index (κ1) is 25.7. The van der Waals surface area contributed by atoms with Crippen LogP contribution in [0.5, 0.6) is 0 Å². The molecule has 0 saturated heterocycles. The maximum Gasteiger partial charge on any atom is 0.332 e. The van der Waals surface area contributed by atoms with Gasteiger partial charge in [-0.25, -0.2) is 19.7 Å². The number of nitrogen functional groups attached to an aromatic ring is 1. The summed E-state index contributed by atoms with van der Waals surface area (Å²) in [7, 11) is 1.74. The molecule has 1 aromatic carbocycles. The van der Waals surface area contributed by atoms with Crippen LogP contribution in [0.3, 0.4) is 0 Å². The predicted molar refractivity (Wildman–Crippen MR) is 149 cm³/mol. The van der Waals surface area contributed by atoms with Gasteiger partial charge in [0.1, 0.15) is 17.1 Å². The van der Waals surface area contributed by atoms with E-state index in [4.69, 9.17) is 10.2 Å². The first-order chi connectivity index (χ1) is 19.8. The van der Waals surface area contributed by atoms with Crippen LogP contribution in [0, 0.1) is 0 Å². The van der Waals surface area contributed by atoms with Gasteiger partial charge in [-0.3, -0.25) is 24.0 Å². The van der Waals surface area contributed by atoms with Gasteiger partial charge in [0.15, 0.2) is 22.6 Å². The van der Waals surface area contributed by atoms with Gasteiger partial charge in [0.05, 0.1) is 18.9 Å². The van der Waals surface area contributed by atoms with E-state index in [9.17, 15) is 14.4 Å². The minimum Gasteiger partial charge on any atom is -0.441 e. The highest BCUT2D eigenvalue weighted by atomic mass is 16.4. The summed E-state index contributed by atoms with van der Waals surface area (Å²) < 4.78 is 10.3. The van der Waals surface area contributed by atoms with Gasteiger partial charge in [-0.2, -0.15) is 9.97 Å². The number of carbonyl (C=O) groups excluding carboxylic acids is 1. The van der Waals surface area contributed by atoms with E-state index in [2.05, 4.69) is 35.2 Å². The number of oxazole rings is 1. The molecule has 15 heteroatoms. The fourth-order valence-electron chi connectivity index (χ4n) is 4.66. The van der Waals surface area contributed by atoms with Crippen LogP contribution in [-0.2, 0) is 26.6 Å². The quantitative estimate of drug-likeness (QED) is 0.260. The van der Waals surface area contributed by atoms with Crippen molar-refractivity contribution in [1.29, 1.82) is 0 Å². The van der Waals surface area contributed by atoms with Crippen LogP contribution in [0.15, 0.2) is 50.8 Å². The number of rotatable bonds is 7. The van der Waals surface area contributed by atoms with Crippen molar-refractivity contribution in [3.05, 3.63) is 74.8 Å². The van der Waals surface area contributed by atoms with Gasteiger partial charge in [-0.15, -0.1) is 0 Å². The van der Waals surface area contributed by atoms with Gasteiger partial charge in [0.2, 0.25) is 11.8 Å². The third-order valence-electron chi connectivity index (χ3n) is 6.79. The Morgan fingerprint density at radius 1 is 1.05 bits per heavy atom. The number of benzene rings is 1. The number of imidazole rings is 2. The maximum absolute atomic E-state index is 13.0. The molecule has 5 aromatic heterocycles. The molecule has 0 bridgehead atoms. The molecular weight excluding hydrogens is 530 g/mol. The van der Waals surface area contributed by atoms with Crippen LogP contribution in [0.4, 0.5) is 11.8 Å². The van der Waals surface area contributed by atoms with Gasteiger partial charge in [-0.1, -0.05) is 0 Å². The minimum absolute atomic E-state index is 0.0417. The van der Waals surface area contributed by atoms with E-state index in [1.165, 1.54) is 15.5 Å². The van der Waals surface area contributed by atoms with E-state index >= 15 is 0 Å². The van der Waals surface area contributed by atoms with Crippen molar-refractivity contribution < 1.29 is 9.21 Å². The zero-order valence-electron chi connectivity index (χ0n) is 22.4. The molecule has 41 heavy (non-hydrogen) atoms. The van der Waals surface area contributed by atoms with Crippen LogP contribution >= 0.6 is 0 Å². The molecule has 0 aliphatic heterocycles. The number of nitrogens with one attached hydrogen (secondary N) is 2. The molecular formula is C26H25N11O4.